The predicted octanol–water partition coefficient (Wildman–Crippen LogP) is 5.57. The summed E-state index contributed by atoms with van der Waals surface area (Å²) in [5.41, 5.74) is 1.44. The van der Waals surface area contributed by atoms with Gasteiger partial charge >= 0.3 is 0 Å². The van der Waals surface area contributed by atoms with Crippen molar-refractivity contribution >= 4 is 57.4 Å². The molecule has 1 aromatic carbocycles. The van der Waals surface area contributed by atoms with Crippen LogP contribution in [-0.4, -0.2) is 35.2 Å². The highest BCUT2D eigenvalue weighted by Gasteiger charge is 2.24. The van der Waals surface area contributed by atoms with Gasteiger partial charge in [0.2, 0.25) is 11.1 Å². The molecule has 1 aliphatic heterocycles. The number of anilines is 1. The molecule has 0 fully saturated rings. The molecule has 4 nitrogen and oxygen atoms in total. The second kappa shape index (κ2) is 14.0. The number of benzene rings is 1. The number of rotatable bonds is 8. The fourth-order valence-corrected chi connectivity index (χ4v) is 3.23. The van der Waals surface area contributed by atoms with Crippen molar-refractivity contribution in [2.45, 2.75) is 51.4 Å². The largest absolute Gasteiger partial charge is 0.312 e. The van der Waals surface area contributed by atoms with Crippen LogP contribution in [0.5, 0.6) is 0 Å². The number of nitrogens with zero attached hydrogens (tertiary/aromatic N) is 1. The van der Waals surface area contributed by atoms with Crippen molar-refractivity contribution < 1.29 is 14.4 Å². The number of alkyl halides is 2. The Kier molecular flexibility index (Phi) is 12.4. The van der Waals surface area contributed by atoms with Crippen LogP contribution in [0.1, 0.15) is 61.7 Å². The van der Waals surface area contributed by atoms with E-state index in [-0.39, 0.29) is 16.9 Å². The maximum absolute atomic E-state index is 12.3. The Morgan fingerprint density at radius 1 is 0.963 bits per heavy atom. The van der Waals surface area contributed by atoms with Crippen LogP contribution in [0.3, 0.4) is 0 Å². The zero-order valence-corrected chi connectivity index (χ0v) is 17.7. The van der Waals surface area contributed by atoms with Gasteiger partial charge in [0.15, 0.2) is 5.78 Å². The molecule has 1 amide bonds. The molecule has 1 heterocycles. The van der Waals surface area contributed by atoms with Crippen LogP contribution >= 0.6 is 34.8 Å². The number of hydrogen-bond acceptors (Lipinski definition) is 3. The van der Waals surface area contributed by atoms with Crippen molar-refractivity contribution in [1.82, 2.24) is 0 Å². The van der Waals surface area contributed by atoms with E-state index in [2.05, 4.69) is 0 Å². The second-order valence-corrected chi connectivity index (χ2v) is 7.41. The zero-order valence-electron chi connectivity index (χ0n) is 15.4. The van der Waals surface area contributed by atoms with Gasteiger partial charge in [0.1, 0.15) is 0 Å². The lowest BCUT2D eigenvalue weighted by atomic mass is 10.1. The number of ketones is 1. The molecule has 0 saturated heterocycles. The Balaban J connectivity index is 0.000000387. The van der Waals surface area contributed by atoms with Gasteiger partial charge in [-0.15, -0.1) is 23.2 Å². The summed E-state index contributed by atoms with van der Waals surface area (Å²) >= 11 is 16.0. The third-order valence-electron chi connectivity index (χ3n) is 4.11. The van der Waals surface area contributed by atoms with Gasteiger partial charge in [-0.1, -0.05) is 12.1 Å². The quantitative estimate of drug-likeness (QED) is 0.305. The fraction of sp³-hybridized carbons (Fsp3) is 0.550. The molecule has 0 spiro atoms. The van der Waals surface area contributed by atoms with Crippen molar-refractivity contribution in [3.05, 3.63) is 29.8 Å². The van der Waals surface area contributed by atoms with E-state index in [0.29, 0.717) is 43.1 Å². The van der Waals surface area contributed by atoms with Gasteiger partial charge in [-0.2, -0.15) is 0 Å². The Labute approximate surface area is 176 Å². The van der Waals surface area contributed by atoms with E-state index >= 15 is 0 Å². The molecule has 0 aromatic heterocycles. The van der Waals surface area contributed by atoms with Crippen LogP contribution in [-0.2, 0) is 9.59 Å². The molecule has 2 rings (SSSR count). The second-order valence-electron chi connectivity index (χ2n) is 6.24. The number of hydrogen-bond donors (Lipinski definition) is 0. The van der Waals surface area contributed by atoms with E-state index in [9.17, 15) is 14.4 Å². The Morgan fingerprint density at radius 3 is 2.22 bits per heavy atom. The molecule has 27 heavy (non-hydrogen) atoms. The van der Waals surface area contributed by atoms with Crippen molar-refractivity contribution in [2.24, 2.45) is 0 Å². The standard InChI is InChI=1S/C15H18ClNO2.C5H8Cl2O/c16-10-4-3-9-15(19)17-11-5-8-14(18)12-6-1-2-7-13(12)17;6-4-2-1-3-5(7)8/h1-2,6-7H,3-5,8-11H2;1-4H2. The molecule has 0 N–H and O–H groups in total. The van der Waals surface area contributed by atoms with Crippen molar-refractivity contribution in [2.75, 3.05) is 23.2 Å². The SMILES string of the molecule is O=C(Cl)CCCCCl.O=C1CCCN(C(=O)CCCCCl)c2ccccc21. The number of Topliss-reactive ketones (excluding diaryl/α,β-unsaturated/α-hetero) is 1. The Morgan fingerprint density at radius 2 is 1.59 bits per heavy atom. The lowest BCUT2D eigenvalue weighted by Gasteiger charge is -2.22. The van der Waals surface area contributed by atoms with Crippen LogP contribution < -0.4 is 4.90 Å². The first kappa shape index (κ1) is 23.9. The average Bonchev–Trinajstić information content (AvgIpc) is 2.82. The monoisotopic (exact) mass is 433 g/mol. The first-order valence-electron chi connectivity index (χ1n) is 9.24. The normalized spacial score (nSPS) is 13.3. The summed E-state index contributed by atoms with van der Waals surface area (Å²) < 4.78 is 0. The summed E-state index contributed by atoms with van der Waals surface area (Å²) in [6, 6.07) is 7.38. The third-order valence-corrected chi connectivity index (χ3v) is 4.84. The van der Waals surface area contributed by atoms with Crippen molar-refractivity contribution in [3.63, 3.8) is 0 Å². The van der Waals surface area contributed by atoms with E-state index < -0.39 is 0 Å². The molecule has 7 heteroatoms. The number of para-hydroxylation sites is 1. The van der Waals surface area contributed by atoms with Crippen LogP contribution in [0.2, 0.25) is 0 Å². The number of carbonyl (C=O) groups is 3. The summed E-state index contributed by atoms with van der Waals surface area (Å²) in [6.45, 7) is 0.627. The van der Waals surface area contributed by atoms with Crippen LogP contribution in [0.4, 0.5) is 5.69 Å². The van der Waals surface area contributed by atoms with Crippen LogP contribution in [0.25, 0.3) is 0 Å². The van der Waals surface area contributed by atoms with Crippen molar-refractivity contribution in [1.29, 1.82) is 0 Å². The number of halogens is 3. The summed E-state index contributed by atoms with van der Waals surface area (Å²) in [4.78, 5) is 36.0. The minimum absolute atomic E-state index is 0.0901. The predicted molar refractivity (Wildman–Crippen MR) is 112 cm³/mol. The minimum atomic E-state index is -0.268. The number of amides is 1. The first-order chi connectivity index (χ1) is 13.0. The van der Waals surface area contributed by atoms with E-state index in [1.54, 1.807) is 4.90 Å². The maximum Gasteiger partial charge on any atom is 0.226 e. The van der Waals surface area contributed by atoms with Gasteiger partial charge in [0, 0.05) is 43.1 Å². The van der Waals surface area contributed by atoms with Gasteiger partial charge in [-0.05, 0) is 55.8 Å². The van der Waals surface area contributed by atoms with E-state index in [4.69, 9.17) is 34.8 Å². The summed E-state index contributed by atoms with van der Waals surface area (Å²) in [5, 5.41) is -0.268. The number of unbranched alkanes of at least 4 members (excludes halogenated alkanes) is 2. The molecule has 0 radical (unpaired) electrons. The lowest BCUT2D eigenvalue weighted by Crippen LogP contribution is -2.31. The van der Waals surface area contributed by atoms with Gasteiger partial charge in [-0.25, -0.2) is 0 Å². The summed E-state index contributed by atoms with van der Waals surface area (Å²) in [6.07, 6.45) is 5.53. The lowest BCUT2D eigenvalue weighted by molar-refractivity contribution is -0.118. The van der Waals surface area contributed by atoms with E-state index in [1.807, 2.05) is 24.3 Å². The molecule has 150 valence electrons. The maximum atomic E-state index is 12.3. The minimum Gasteiger partial charge on any atom is -0.312 e. The molecule has 1 aliphatic rings. The van der Waals surface area contributed by atoms with Gasteiger partial charge in [0.25, 0.3) is 0 Å². The summed E-state index contributed by atoms with van der Waals surface area (Å²) in [7, 11) is 0. The molecule has 0 aliphatic carbocycles. The van der Waals surface area contributed by atoms with E-state index in [1.165, 1.54) is 0 Å². The van der Waals surface area contributed by atoms with Gasteiger partial charge in [-0.3, -0.25) is 14.4 Å². The molecular formula is C20H26Cl3NO3. The number of fused-ring (bicyclic) bond motifs is 1. The highest BCUT2D eigenvalue weighted by atomic mass is 35.5. The zero-order chi connectivity index (χ0) is 20.1. The average molecular weight is 435 g/mol. The highest BCUT2D eigenvalue weighted by Crippen LogP contribution is 2.26. The fourth-order valence-electron chi connectivity index (χ4n) is 2.72. The summed E-state index contributed by atoms with van der Waals surface area (Å²) in [5.74, 6) is 1.42. The Bertz CT molecular complexity index is 622. The molecule has 0 saturated carbocycles. The highest BCUT2D eigenvalue weighted by molar-refractivity contribution is 6.63. The number of carbonyl (C=O) groups excluding carboxylic acids is 3. The molecular weight excluding hydrogens is 409 g/mol. The molecule has 1 aromatic rings. The van der Waals surface area contributed by atoms with Crippen LogP contribution in [0, 0.1) is 0 Å². The third kappa shape index (κ3) is 9.09. The first-order valence-corrected chi connectivity index (χ1v) is 10.7. The van der Waals surface area contributed by atoms with E-state index in [0.717, 1.165) is 37.8 Å². The smallest absolute Gasteiger partial charge is 0.226 e. The molecule has 0 atom stereocenters. The molecule has 0 unspecified atom stereocenters. The molecule has 0 bridgehead atoms. The van der Waals surface area contributed by atoms with Gasteiger partial charge < -0.3 is 4.90 Å². The van der Waals surface area contributed by atoms with Gasteiger partial charge in [0.05, 0.1) is 5.69 Å². The Hall–Kier alpha value is -1.10. The topological polar surface area (TPSA) is 54.5 Å². The van der Waals surface area contributed by atoms with Crippen LogP contribution in [0.15, 0.2) is 24.3 Å². The van der Waals surface area contributed by atoms with Crippen molar-refractivity contribution in [3.8, 4) is 0 Å².